The van der Waals surface area contributed by atoms with E-state index >= 15 is 0 Å². The summed E-state index contributed by atoms with van der Waals surface area (Å²) in [6.45, 7) is 17.7. The molecule has 39 heavy (non-hydrogen) atoms. The Morgan fingerprint density at radius 3 is 2.46 bits per heavy atom. The highest BCUT2D eigenvalue weighted by Gasteiger charge is 2.78. The summed E-state index contributed by atoms with van der Waals surface area (Å²) < 4.78 is 4.34. The molecule has 212 valence electrons. The molecule has 1 aromatic rings. The minimum Gasteiger partial charge on any atom is -0.465 e. The SMILES string of the molecule is C=CCCOC(=O)[C@@H]1[C@H]2C(=O)N([C@@H](CO)C(C)C)C(C(=O)N(CC=C)c3c(C)cccc3C)C23CC[C@@]1(C)S3. The first kappa shape index (κ1) is 29.4. The monoisotopic (exact) mass is 554 g/mol. The van der Waals surface area contributed by atoms with Crippen LogP contribution in [0, 0.1) is 31.6 Å². The molecule has 1 spiro atoms. The molecule has 7 nitrogen and oxygen atoms in total. The number of benzene rings is 1. The number of carbonyl (C=O) groups excluding carboxylic acids is 3. The minimum absolute atomic E-state index is 0.0895. The zero-order valence-electron chi connectivity index (χ0n) is 23.8. The van der Waals surface area contributed by atoms with Crippen molar-refractivity contribution < 1.29 is 24.2 Å². The van der Waals surface area contributed by atoms with Crippen LogP contribution < -0.4 is 4.90 Å². The molecule has 2 unspecified atom stereocenters. The molecule has 4 rings (SSSR count). The summed E-state index contributed by atoms with van der Waals surface area (Å²) in [6.07, 6.45) is 5.27. The zero-order chi connectivity index (χ0) is 28.7. The van der Waals surface area contributed by atoms with Crippen molar-refractivity contribution >= 4 is 35.2 Å². The molecular weight excluding hydrogens is 512 g/mol. The highest BCUT2D eigenvalue weighted by Crippen LogP contribution is 2.72. The molecule has 0 aliphatic carbocycles. The molecule has 0 aromatic heterocycles. The van der Waals surface area contributed by atoms with E-state index in [9.17, 15) is 19.5 Å². The number of nitrogens with zero attached hydrogens (tertiary/aromatic N) is 2. The number of para-hydroxylation sites is 1. The lowest BCUT2D eigenvalue weighted by Gasteiger charge is -2.41. The number of carbonyl (C=O) groups is 3. The fraction of sp³-hybridized carbons (Fsp3) is 0.581. The molecule has 0 radical (unpaired) electrons. The van der Waals surface area contributed by atoms with E-state index in [1.807, 2.05) is 52.8 Å². The van der Waals surface area contributed by atoms with Crippen molar-refractivity contribution in [2.45, 2.75) is 75.5 Å². The summed E-state index contributed by atoms with van der Waals surface area (Å²) in [4.78, 5) is 46.1. The third-order valence-electron chi connectivity index (χ3n) is 8.87. The number of aliphatic hydroxyl groups is 1. The summed E-state index contributed by atoms with van der Waals surface area (Å²) in [5.74, 6) is -2.26. The number of rotatable bonds is 11. The lowest BCUT2D eigenvalue weighted by Crippen LogP contribution is -2.58. The van der Waals surface area contributed by atoms with Crippen molar-refractivity contribution in [2.75, 3.05) is 24.7 Å². The molecule has 3 heterocycles. The van der Waals surface area contributed by atoms with Crippen molar-refractivity contribution in [1.82, 2.24) is 4.90 Å². The number of hydrogen-bond donors (Lipinski definition) is 1. The van der Waals surface area contributed by atoms with Gasteiger partial charge >= 0.3 is 5.97 Å². The number of thioether (sulfide) groups is 1. The van der Waals surface area contributed by atoms with Gasteiger partial charge in [0.25, 0.3) is 5.91 Å². The van der Waals surface area contributed by atoms with Crippen molar-refractivity contribution in [1.29, 1.82) is 0 Å². The van der Waals surface area contributed by atoms with E-state index in [0.29, 0.717) is 19.3 Å². The number of amides is 2. The Balaban J connectivity index is 1.86. The second kappa shape index (κ2) is 11.1. The Labute approximate surface area is 236 Å². The van der Waals surface area contributed by atoms with Gasteiger partial charge in [0, 0.05) is 17.0 Å². The zero-order valence-corrected chi connectivity index (χ0v) is 24.6. The van der Waals surface area contributed by atoms with Crippen LogP contribution in [-0.2, 0) is 19.1 Å². The Morgan fingerprint density at radius 1 is 1.23 bits per heavy atom. The van der Waals surface area contributed by atoms with Crippen LogP contribution >= 0.6 is 11.8 Å². The lowest BCUT2D eigenvalue weighted by molar-refractivity contribution is -0.156. The van der Waals surface area contributed by atoms with E-state index in [2.05, 4.69) is 13.2 Å². The first-order chi connectivity index (χ1) is 18.5. The molecular formula is C31H42N2O5S. The van der Waals surface area contributed by atoms with E-state index in [4.69, 9.17) is 4.74 Å². The number of hydrogen-bond acceptors (Lipinski definition) is 6. The maximum Gasteiger partial charge on any atom is 0.311 e. The molecule has 3 fully saturated rings. The van der Waals surface area contributed by atoms with Crippen LogP contribution in [0.2, 0.25) is 0 Å². The van der Waals surface area contributed by atoms with Gasteiger partial charge in [-0.3, -0.25) is 14.4 Å². The van der Waals surface area contributed by atoms with Gasteiger partial charge in [0.05, 0.1) is 35.8 Å². The maximum absolute atomic E-state index is 14.8. The highest BCUT2D eigenvalue weighted by molar-refractivity contribution is 8.02. The third-order valence-corrected chi connectivity index (χ3v) is 10.9. The first-order valence-corrected chi connectivity index (χ1v) is 14.7. The molecule has 2 bridgehead atoms. The standard InChI is InChI=1S/C31H42N2O5S/c1-8-10-17-38-29(37)24-23-27(35)33(22(18-34)19(3)4)26(31(23)15-14-30(24,7)39-31)28(36)32(16-9-2)25-20(5)12-11-13-21(25)6/h8-9,11-13,19,22-24,26,34H,1-2,10,14-18H2,3-7H3/t22-,23-,24-,26?,30+,31?/m0/s1. The van der Waals surface area contributed by atoms with Crippen LogP contribution in [0.3, 0.4) is 0 Å². The van der Waals surface area contributed by atoms with Gasteiger partial charge in [0.2, 0.25) is 5.91 Å². The molecule has 3 aliphatic rings. The largest absolute Gasteiger partial charge is 0.465 e. The van der Waals surface area contributed by atoms with Crippen LogP contribution in [0.4, 0.5) is 5.69 Å². The van der Waals surface area contributed by atoms with Gasteiger partial charge in [0.1, 0.15) is 6.04 Å². The van der Waals surface area contributed by atoms with Gasteiger partial charge in [0.15, 0.2) is 0 Å². The number of ether oxygens (including phenoxy) is 1. The molecule has 1 N–H and O–H groups in total. The van der Waals surface area contributed by atoms with Gasteiger partial charge in [-0.15, -0.1) is 24.9 Å². The summed E-state index contributed by atoms with van der Waals surface area (Å²) in [5, 5.41) is 10.5. The molecule has 3 aliphatic heterocycles. The summed E-state index contributed by atoms with van der Waals surface area (Å²) in [7, 11) is 0. The quantitative estimate of drug-likeness (QED) is 0.247. The Morgan fingerprint density at radius 2 is 1.90 bits per heavy atom. The summed E-state index contributed by atoms with van der Waals surface area (Å²) in [6, 6.07) is 4.53. The van der Waals surface area contributed by atoms with Crippen molar-refractivity contribution in [3.8, 4) is 0 Å². The van der Waals surface area contributed by atoms with Gasteiger partial charge < -0.3 is 19.6 Å². The number of esters is 1. The molecule has 0 saturated carbocycles. The molecule has 3 saturated heterocycles. The summed E-state index contributed by atoms with van der Waals surface area (Å²) >= 11 is 1.61. The number of anilines is 1. The number of aryl methyl sites for hydroxylation is 2. The Kier molecular flexibility index (Phi) is 8.39. The highest BCUT2D eigenvalue weighted by atomic mass is 32.2. The smallest absolute Gasteiger partial charge is 0.311 e. The molecule has 6 atom stereocenters. The predicted octanol–water partition coefficient (Wildman–Crippen LogP) is 4.44. The van der Waals surface area contributed by atoms with Crippen LogP contribution in [0.5, 0.6) is 0 Å². The normalized spacial score (nSPS) is 29.9. The van der Waals surface area contributed by atoms with E-state index in [0.717, 1.165) is 16.8 Å². The maximum atomic E-state index is 14.8. The van der Waals surface area contributed by atoms with E-state index in [1.54, 1.807) is 33.7 Å². The Hall–Kier alpha value is -2.58. The average molecular weight is 555 g/mol. The van der Waals surface area contributed by atoms with Gasteiger partial charge in [-0.05, 0) is 57.1 Å². The number of likely N-dealkylation sites (tertiary alicyclic amines) is 1. The molecule has 2 amide bonds. The van der Waals surface area contributed by atoms with Gasteiger partial charge in [-0.2, -0.15) is 0 Å². The van der Waals surface area contributed by atoms with Crippen LogP contribution in [-0.4, -0.2) is 69.1 Å². The van der Waals surface area contributed by atoms with Gasteiger partial charge in [-0.25, -0.2) is 0 Å². The minimum atomic E-state index is -0.827. The fourth-order valence-electron chi connectivity index (χ4n) is 7.11. The second-order valence-electron chi connectivity index (χ2n) is 11.7. The molecule has 8 heteroatoms. The van der Waals surface area contributed by atoms with E-state index < -0.39 is 33.4 Å². The van der Waals surface area contributed by atoms with Crippen molar-refractivity contribution in [3.05, 3.63) is 54.6 Å². The van der Waals surface area contributed by atoms with Crippen LogP contribution in [0.1, 0.15) is 51.2 Å². The van der Waals surface area contributed by atoms with Crippen molar-refractivity contribution in [2.24, 2.45) is 17.8 Å². The predicted molar refractivity (Wildman–Crippen MR) is 156 cm³/mol. The molecule has 1 aromatic carbocycles. The average Bonchev–Trinajstić information content (AvgIpc) is 3.44. The summed E-state index contributed by atoms with van der Waals surface area (Å²) in [5.41, 5.74) is 2.72. The number of fused-ring (bicyclic) bond motifs is 1. The van der Waals surface area contributed by atoms with Gasteiger partial charge in [-0.1, -0.05) is 44.2 Å². The van der Waals surface area contributed by atoms with E-state index in [1.165, 1.54) is 0 Å². The third kappa shape index (κ3) is 4.63. The second-order valence-corrected chi connectivity index (χ2v) is 13.6. The van der Waals surface area contributed by atoms with E-state index in [-0.39, 0.29) is 43.5 Å². The topological polar surface area (TPSA) is 87.1 Å². The van der Waals surface area contributed by atoms with Crippen molar-refractivity contribution in [3.63, 3.8) is 0 Å². The van der Waals surface area contributed by atoms with Crippen LogP contribution in [0.25, 0.3) is 0 Å². The fourth-order valence-corrected chi connectivity index (χ4v) is 9.44. The number of aliphatic hydroxyl groups excluding tert-OH is 1. The first-order valence-electron chi connectivity index (χ1n) is 13.9. The Bertz CT molecular complexity index is 1150. The van der Waals surface area contributed by atoms with Crippen LogP contribution in [0.15, 0.2) is 43.5 Å². The lowest BCUT2D eigenvalue weighted by atomic mass is 9.66.